The van der Waals surface area contributed by atoms with E-state index in [1.54, 1.807) is 4.68 Å². The van der Waals surface area contributed by atoms with Crippen LogP contribution in [0.3, 0.4) is 0 Å². The van der Waals surface area contributed by atoms with Gasteiger partial charge in [0, 0.05) is 24.3 Å². The van der Waals surface area contributed by atoms with Crippen LogP contribution in [-0.2, 0) is 0 Å². The molecule has 0 spiro atoms. The van der Waals surface area contributed by atoms with Crippen molar-refractivity contribution in [2.75, 3.05) is 13.1 Å². The lowest BCUT2D eigenvalue weighted by atomic mass is 10.0. The van der Waals surface area contributed by atoms with Crippen LogP contribution in [-0.4, -0.2) is 34.8 Å². The molecular weight excluding hydrogens is 372 g/mol. The minimum atomic E-state index is -0.0656. The lowest BCUT2D eigenvalue weighted by Gasteiger charge is -2.23. The molecule has 2 N–H and O–H groups in total. The van der Waals surface area contributed by atoms with Gasteiger partial charge in [-0.3, -0.25) is 4.79 Å². The predicted molar refractivity (Wildman–Crippen MR) is 114 cm³/mol. The first-order valence-electron chi connectivity index (χ1n) is 9.45. The molecule has 6 heteroatoms. The minimum absolute atomic E-state index is 0. The number of rotatable bonds is 4. The maximum Gasteiger partial charge on any atom is 0.255 e. The molecule has 0 saturated carbocycles. The molecule has 1 fully saturated rings. The van der Waals surface area contributed by atoms with Gasteiger partial charge in [-0.2, -0.15) is 5.10 Å². The van der Waals surface area contributed by atoms with Crippen LogP contribution in [0.1, 0.15) is 28.8 Å². The number of hydrogen-bond donors (Lipinski definition) is 2. The van der Waals surface area contributed by atoms with Crippen molar-refractivity contribution in [3.8, 4) is 16.9 Å². The highest BCUT2D eigenvalue weighted by Crippen LogP contribution is 2.26. The zero-order valence-electron chi connectivity index (χ0n) is 15.9. The number of nitrogens with zero attached hydrogens (tertiary/aromatic N) is 2. The van der Waals surface area contributed by atoms with Gasteiger partial charge in [-0.1, -0.05) is 42.5 Å². The highest BCUT2D eigenvalue weighted by atomic mass is 35.5. The average Bonchev–Trinajstić information content (AvgIpc) is 3.15. The van der Waals surface area contributed by atoms with Crippen LogP contribution < -0.4 is 10.6 Å². The Morgan fingerprint density at radius 2 is 1.89 bits per heavy atom. The zero-order valence-corrected chi connectivity index (χ0v) is 16.7. The van der Waals surface area contributed by atoms with Crippen molar-refractivity contribution in [1.82, 2.24) is 20.4 Å². The van der Waals surface area contributed by atoms with Gasteiger partial charge in [0.1, 0.15) is 5.69 Å². The summed E-state index contributed by atoms with van der Waals surface area (Å²) in [7, 11) is 0. The Kier molecular flexibility index (Phi) is 6.49. The first-order chi connectivity index (χ1) is 13.2. The Hall–Kier alpha value is -2.63. The normalized spacial score (nSPS) is 16.2. The van der Waals surface area contributed by atoms with Gasteiger partial charge in [-0.25, -0.2) is 4.68 Å². The number of hydrogen-bond acceptors (Lipinski definition) is 3. The second kappa shape index (κ2) is 9.04. The molecule has 146 valence electrons. The summed E-state index contributed by atoms with van der Waals surface area (Å²) in [5.74, 6) is -0.0656. The van der Waals surface area contributed by atoms with Gasteiger partial charge < -0.3 is 10.6 Å². The fraction of sp³-hybridized carbons (Fsp3) is 0.273. The standard InChI is InChI=1S/C22H24N4O.ClH/c1-16-8-5-6-12-19(16)21-20(22(27)24-17-9-7-13-23-14-17)15-26(25-21)18-10-3-2-4-11-18;/h2-6,8,10-12,15,17,23H,7,9,13-14H2,1H3,(H,24,27);1H/t17-;/m0./s1. The summed E-state index contributed by atoms with van der Waals surface area (Å²) in [4.78, 5) is 13.1. The van der Waals surface area contributed by atoms with Crippen LogP contribution in [0, 0.1) is 6.92 Å². The predicted octanol–water partition coefficient (Wildman–Crippen LogP) is 3.75. The molecule has 28 heavy (non-hydrogen) atoms. The van der Waals surface area contributed by atoms with E-state index in [2.05, 4.69) is 10.6 Å². The Bertz CT molecular complexity index is 933. The van der Waals surface area contributed by atoms with Crippen molar-refractivity contribution in [3.63, 3.8) is 0 Å². The smallest absolute Gasteiger partial charge is 0.255 e. The Labute approximate surface area is 171 Å². The van der Waals surface area contributed by atoms with Gasteiger partial charge in [-0.05, 0) is 44.0 Å². The molecule has 3 aromatic rings. The number of aryl methyl sites for hydroxylation is 1. The molecule has 2 heterocycles. The lowest BCUT2D eigenvalue weighted by molar-refractivity contribution is 0.0931. The SMILES string of the molecule is Cc1ccccc1-c1nn(-c2ccccc2)cc1C(=O)N[C@H]1CCCNC1.Cl. The maximum absolute atomic E-state index is 13.1. The van der Waals surface area contributed by atoms with E-state index in [1.807, 2.05) is 67.7 Å². The van der Waals surface area contributed by atoms with Crippen molar-refractivity contribution in [1.29, 1.82) is 0 Å². The minimum Gasteiger partial charge on any atom is -0.348 e. The number of carbonyl (C=O) groups excluding carboxylic acids is 1. The van der Waals surface area contributed by atoms with Crippen LogP contribution in [0.4, 0.5) is 0 Å². The third kappa shape index (κ3) is 4.26. The van der Waals surface area contributed by atoms with Gasteiger partial charge in [-0.15, -0.1) is 12.4 Å². The van der Waals surface area contributed by atoms with Gasteiger partial charge >= 0.3 is 0 Å². The summed E-state index contributed by atoms with van der Waals surface area (Å²) in [5.41, 5.74) is 4.35. The number of benzene rings is 2. The monoisotopic (exact) mass is 396 g/mol. The van der Waals surface area contributed by atoms with Crippen molar-refractivity contribution in [2.24, 2.45) is 0 Å². The van der Waals surface area contributed by atoms with Crippen molar-refractivity contribution >= 4 is 18.3 Å². The van der Waals surface area contributed by atoms with E-state index in [1.165, 1.54) is 0 Å². The lowest BCUT2D eigenvalue weighted by Crippen LogP contribution is -2.45. The van der Waals surface area contributed by atoms with E-state index >= 15 is 0 Å². The summed E-state index contributed by atoms with van der Waals surface area (Å²) in [6.07, 6.45) is 3.92. The Balaban J connectivity index is 0.00000225. The molecule has 1 saturated heterocycles. The fourth-order valence-electron chi connectivity index (χ4n) is 3.53. The van der Waals surface area contributed by atoms with Crippen LogP contribution in [0.5, 0.6) is 0 Å². The molecule has 4 rings (SSSR count). The first-order valence-corrected chi connectivity index (χ1v) is 9.45. The molecule has 0 aliphatic carbocycles. The average molecular weight is 397 g/mol. The van der Waals surface area contributed by atoms with Gasteiger partial charge in [0.2, 0.25) is 0 Å². The molecule has 1 amide bonds. The maximum atomic E-state index is 13.1. The molecule has 1 aliphatic heterocycles. The second-order valence-corrected chi connectivity index (χ2v) is 7.00. The molecule has 1 atom stereocenters. The number of nitrogens with one attached hydrogen (secondary N) is 2. The highest BCUT2D eigenvalue weighted by molar-refractivity contribution is 6.00. The van der Waals surface area contributed by atoms with Crippen LogP contribution in [0.15, 0.2) is 60.8 Å². The molecule has 0 unspecified atom stereocenters. The highest BCUT2D eigenvalue weighted by Gasteiger charge is 2.22. The first kappa shape index (κ1) is 20.1. The van der Waals surface area contributed by atoms with Crippen molar-refractivity contribution in [2.45, 2.75) is 25.8 Å². The van der Waals surface area contributed by atoms with Crippen LogP contribution in [0.2, 0.25) is 0 Å². The number of carbonyl (C=O) groups is 1. The summed E-state index contributed by atoms with van der Waals surface area (Å²) in [6.45, 7) is 3.88. The largest absolute Gasteiger partial charge is 0.348 e. The quantitative estimate of drug-likeness (QED) is 0.706. The molecule has 1 aliphatic rings. The number of amides is 1. The number of aromatic nitrogens is 2. The van der Waals surface area contributed by atoms with Crippen molar-refractivity contribution < 1.29 is 4.79 Å². The van der Waals surface area contributed by atoms with E-state index in [0.717, 1.165) is 48.4 Å². The zero-order chi connectivity index (χ0) is 18.6. The van der Waals surface area contributed by atoms with Gasteiger partial charge in [0.15, 0.2) is 0 Å². The van der Waals surface area contributed by atoms with E-state index in [-0.39, 0.29) is 24.4 Å². The van der Waals surface area contributed by atoms with E-state index in [9.17, 15) is 4.79 Å². The fourth-order valence-corrected chi connectivity index (χ4v) is 3.53. The van der Waals surface area contributed by atoms with Crippen LogP contribution >= 0.6 is 12.4 Å². The molecule has 5 nitrogen and oxygen atoms in total. The van der Waals surface area contributed by atoms with Crippen LogP contribution in [0.25, 0.3) is 16.9 Å². The van der Waals surface area contributed by atoms with Crippen molar-refractivity contribution in [3.05, 3.63) is 71.9 Å². The third-order valence-corrected chi connectivity index (χ3v) is 5.01. The molecular formula is C22H25ClN4O. The summed E-state index contributed by atoms with van der Waals surface area (Å²) < 4.78 is 1.79. The van der Waals surface area contributed by atoms with E-state index in [4.69, 9.17) is 5.10 Å². The number of para-hydroxylation sites is 1. The molecule has 2 aromatic carbocycles. The Morgan fingerprint density at radius 1 is 1.14 bits per heavy atom. The Morgan fingerprint density at radius 3 is 2.61 bits per heavy atom. The van der Waals surface area contributed by atoms with Gasteiger partial charge in [0.25, 0.3) is 5.91 Å². The summed E-state index contributed by atoms with van der Waals surface area (Å²) >= 11 is 0. The molecule has 0 radical (unpaired) electrons. The molecule has 1 aromatic heterocycles. The number of piperidine rings is 1. The topological polar surface area (TPSA) is 59.0 Å². The van der Waals surface area contributed by atoms with Gasteiger partial charge in [0.05, 0.1) is 11.3 Å². The van der Waals surface area contributed by atoms with E-state index in [0.29, 0.717) is 5.56 Å². The molecule has 0 bridgehead atoms. The third-order valence-electron chi connectivity index (χ3n) is 5.01. The van der Waals surface area contributed by atoms with E-state index < -0.39 is 0 Å². The number of halogens is 1. The summed E-state index contributed by atoms with van der Waals surface area (Å²) in [6, 6.07) is 18.1. The summed E-state index contributed by atoms with van der Waals surface area (Å²) in [5, 5.41) is 11.3. The second-order valence-electron chi connectivity index (χ2n) is 7.00.